The third-order valence-electron chi connectivity index (χ3n) is 7.15. The minimum atomic E-state index is -2.88. The van der Waals surface area contributed by atoms with Crippen molar-refractivity contribution >= 4 is 47.8 Å². The van der Waals surface area contributed by atoms with Crippen LogP contribution in [0.2, 0.25) is 0 Å². The molecule has 0 unspecified atom stereocenters. The maximum atomic E-state index is 11.6. The molecule has 0 atom stereocenters. The summed E-state index contributed by atoms with van der Waals surface area (Å²) in [5.41, 5.74) is 0. The zero-order valence-corrected chi connectivity index (χ0v) is 28.5. The van der Waals surface area contributed by atoms with Gasteiger partial charge < -0.3 is 34.4 Å². The monoisotopic (exact) mass is 670 g/mol. The summed E-state index contributed by atoms with van der Waals surface area (Å²) in [5, 5.41) is 6.07. The summed E-state index contributed by atoms with van der Waals surface area (Å²) in [5.74, 6) is 0. The Morgan fingerprint density at radius 2 is 0.372 bits per heavy atom. The van der Waals surface area contributed by atoms with E-state index < -0.39 is 16.6 Å². The van der Waals surface area contributed by atoms with Crippen LogP contribution in [0.5, 0.6) is 0 Å². The van der Waals surface area contributed by atoms with E-state index in [2.05, 4.69) is 0 Å². The van der Waals surface area contributed by atoms with E-state index in [4.69, 9.17) is 0 Å². The molecule has 0 saturated heterocycles. The molecule has 2 nitrogen and oxygen atoms in total. The molecule has 2 N–H and O–H groups in total. The molecule has 0 radical (unpaired) electrons. The molecule has 0 aliphatic rings. The van der Waals surface area contributed by atoms with Crippen LogP contribution in [0.1, 0.15) is 0 Å². The second-order valence-electron chi connectivity index (χ2n) is 9.62. The standard InChI is InChI=1S/2C18H16OSi.2ClH.Ti/c2*19-20(16-10-4-1-5-11-16,17-12-6-2-7-13-17)18-14-8-3-9-15-18;;;/h2*1-15,19H;2*1H;/q;;;;+2/p-2. The summed E-state index contributed by atoms with van der Waals surface area (Å²) >= 11 is 0. The van der Waals surface area contributed by atoms with Gasteiger partial charge in [-0.05, 0) is 31.1 Å². The second kappa shape index (κ2) is 17.3. The van der Waals surface area contributed by atoms with Gasteiger partial charge in [-0.1, -0.05) is 182 Å². The number of halogens is 2. The van der Waals surface area contributed by atoms with Crippen LogP contribution in [0.25, 0.3) is 0 Å². The first-order valence-electron chi connectivity index (χ1n) is 13.4. The summed E-state index contributed by atoms with van der Waals surface area (Å²) in [6.07, 6.45) is 0. The van der Waals surface area contributed by atoms with Gasteiger partial charge in [-0.3, -0.25) is 0 Å². The number of rotatable bonds is 6. The third kappa shape index (κ3) is 8.12. The number of hydrogen-bond donors (Lipinski definition) is 2. The van der Waals surface area contributed by atoms with E-state index in [1.807, 2.05) is 182 Å². The van der Waals surface area contributed by atoms with Crippen molar-refractivity contribution in [3.8, 4) is 0 Å². The van der Waals surface area contributed by atoms with Crippen molar-refractivity contribution in [3.63, 3.8) is 0 Å². The first-order chi connectivity index (χ1) is 19.6. The first kappa shape index (κ1) is 36.2. The molecule has 0 spiro atoms. The number of benzene rings is 6. The molecule has 0 bridgehead atoms. The van der Waals surface area contributed by atoms with E-state index in [1.165, 1.54) is 0 Å². The first-order valence-corrected chi connectivity index (χ1v) is 17.3. The van der Waals surface area contributed by atoms with Crippen LogP contribution >= 0.6 is 0 Å². The van der Waals surface area contributed by atoms with Gasteiger partial charge >= 0.3 is 21.7 Å². The Morgan fingerprint density at radius 3 is 0.488 bits per heavy atom. The van der Waals surface area contributed by atoms with Gasteiger partial charge in [0.05, 0.1) is 0 Å². The van der Waals surface area contributed by atoms with Gasteiger partial charge in [0.25, 0.3) is 16.6 Å². The van der Waals surface area contributed by atoms with Gasteiger partial charge in [-0.15, -0.1) is 0 Å². The molecule has 0 amide bonds. The van der Waals surface area contributed by atoms with Gasteiger partial charge in [0.1, 0.15) is 0 Å². The average Bonchev–Trinajstić information content (AvgIpc) is 3.07. The molecule has 0 fully saturated rings. The fraction of sp³-hybridized carbons (Fsp3) is 0. The minimum Gasteiger partial charge on any atom is -1.00 e. The molecule has 43 heavy (non-hydrogen) atoms. The minimum absolute atomic E-state index is 0. The van der Waals surface area contributed by atoms with Gasteiger partial charge in [0.15, 0.2) is 0 Å². The van der Waals surface area contributed by atoms with Gasteiger partial charge in [0, 0.05) is 0 Å². The zero-order chi connectivity index (χ0) is 27.7. The quantitative estimate of drug-likeness (QED) is 0.150. The van der Waals surface area contributed by atoms with E-state index >= 15 is 0 Å². The average molecular weight is 672 g/mol. The van der Waals surface area contributed by atoms with Crippen molar-refractivity contribution in [1.82, 2.24) is 0 Å². The normalized spacial score (nSPS) is 10.5. The maximum Gasteiger partial charge on any atom is 2.00 e. The molecule has 6 aromatic carbocycles. The second-order valence-corrected chi connectivity index (χ2v) is 15.9. The van der Waals surface area contributed by atoms with Gasteiger partial charge in [-0.25, -0.2) is 0 Å². The molecular formula is C36H32Cl2O2Si2Ti. The fourth-order valence-corrected chi connectivity index (χ4v) is 11.1. The van der Waals surface area contributed by atoms with Crippen molar-refractivity contribution in [2.45, 2.75) is 0 Å². The fourth-order valence-electron chi connectivity index (χ4n) is 5.08. The predicted octanol–water partition coefficient (Wildman–Crippen LogP) is -2.70. The number of hydrogen-bond acceptors (Lipinski definition) is 2. The Bertz CT molecular complexity index is 1280. The van der Waals surface area contributed by atoms with E-state index in [9.17, 15) is 9.59 Å². The largest absolute Gasteiger partial charge is 2.00 e. The molecule has 0 aromatic heterocycles. The van der Waals surface area contributed by atoms with Crippen molar-refractivity contribution in [2.75, 3.05) is 0 Å². The maximum absolute atomic E-state index is 11.6. The SMILES string of the molecule is O[Si](c1ccccc1)(c1ccccc1)c1ccccc1.O[Si](c1ccccc1)(c1ccccc1)c1ccccc1.[Cl-].[Cl-].[Ti+2]. The molecule has 0 heterocycles. The van der Waals surface area contributed by atoms with E-state index in [-0.39, 0.29) is 46.5 Å². The van der Waals surface area contributed by atoms with Crippen LogP contribution in [0.3, 0.4) is 0 Å². The van der Waals surface area contributed by atoms with Crippen LogP contribution in [-0.2, 0) is 21.7 Å². The molecule has 6 rings (SSSR count). The van der Waals surface area contributed by atoms with Crippen LogP contribution in [0, 0.1) is 0 Å². The zero-order valence-electron chi connectivity index (χ0n) is 23.5. The predicted molar refractivity (Wildman–Crippen MR) is 172 cm³/mol. The summed E-state index contributed by atoms with van der Waals surface area (Å²) in [4.78, 5) is 23.1. The summed E-state index contributed by atoms with van der Waals surface area (Å²) < 4.78 is 0. The Hall–Kier alpha value is -3.03. The molecule has 7 heteroatoms. The molecule has 0 aliphatic carbocycles. The molecule has 0 aliphatic heterocycles. The van der Waals surface area contributed by atoms with Crippen LogP contribution in [0.15, 0.2) is 182 Å². The molecule has 214 valence electrons. The summed E-state index contributed by atoms with van der Waals surface area (Å²) in [7, 11) is -5.76. The van der Waals surface area contributed by atoms with E-state index in [0.29, 0.717) is 0 Å². The smallest absolute Gasteiger partial charge is 1.00 e. The van der Waals surface area contributed by atoms with Gasteiger partial charge in [-0.2, -0.15) is 0 Å². The third-order valence-corrected chi connectivity index (χ3v) is 14.2. The van der Waals surface area contributed by atoms with Crippen molar-refractivity contribution in [1.29, 1.82) is 0 Å². The Kier molecular flexibility index (Phi) is 14.6. The van der Waals surface area contributed by atoms with Crippen molar-refractivity contribution in [3.05, 3.63) is 182 Å². The topological polar surface area (TPSA) is 40.5 Å². The Morgan fingerprint density at radius 1 is 0.256 bits per heavy atom. The van der Waals surface area contributed by atoms with Crippen molar-refractivity contribution < 1.29 is 56.1 Å². The van der Waals surface area contributed by atoms with Crippen LogP contribution in [0.4, 0.5) is 0 Å². The molecule has 6 aromatic rings. The van der Waals surface area contributed by atoms with Gasteiger partial charge in [0.2, 0.25) is 0 Å². The Balaban J connectivity index is 0.000000281. The van der Waals surface area contributed by atoms with Crippen LogP contribution in [-0.4, -0.2) is 26.2 Å². The molecular weight excluding hydrogens is 639 g/mol. The Labute approximate surface area is 284 Å². The van der Waals surface area contributed by atoms with E-state index in [1.54, 1.807) is 0 Å². The molecule has 0 saturated carbocycles. The summed E-state index contributed by atoms with van der Waals surface area (Å²) in [6, 6.07) is 59.9. The van der Waals surface area contributed by atoms with Crippen LogP contribution < -0.4 is 55.9 Å². The van der Waals surface area contributed by atoms with E-state index in [0.717, 1.165) is 31.1 Å². The van der Waals surface area contributed by atoms with Crippen molar-refractivity contribution in [2.24, 2.45) is 0 Å². The summed E-state index contributed by atoms with van der Waals surface area (Å²) in [6.45, 7) is 0.